The Hall–Kier alpha value is -2.34. The molecular formula is C16H20N4O2. The Balaban J connectivity index is 1.50. The molecule has 0 radical (unpaired) electrons. The quantitative estimate of drug-likeness (QED) is 0.885. The Labute approximate surface area is 129 Å². The molecule has 1 aliphatic rings. The van der Waals surface area contributed by atoms with Crippen LogP contribution in [-0.2, 0) is 24.1 Å². The average Bonchev–Trinajstić information content (AvgIpc) is 3.10. The highest BCUT2D eigenvalue weighted by Gasteiger charge is 2.22. The Kier molecular flexibility index (Phi) is 4.39. The van der Waals surface area contributed by atoms with E-state index >= 15 is 0 Å². The minimum atomic E-state index is -0.213. The zero-order valence-electron chi connectivity index (χ0n) is 12.6. The average molecular weight is 300 g/mol. The fourth-order valence-electron chi connectivity index (χ4n) is 2.74. The van der Waals surface area contributed by atoms with Crippen molar-refractivity contribution in [2.24, 2.45) is 0 Å². The topological polar surface area (TPSA) is 68.2 Å². The summed E-state index contributed by atoms with van der Waals surface area (Å²) in [5, 5.41) is 10.0. The van der Waals surface area contributed by atoms with E-state index in [9.17, 15) is 4.79 Å². The Bertz CT molecular complexity index is 628. The molecule has 0 saturated carbocycles. The van der Waals surface area contributed by atoms with Gasteiger partial charge in [-0.15, -0.1) is 0 Å². The van der Waals surface area contributed by atoms with E-state index in [-0.39, 0.29) is 12.1 Å². The molecule has 22 heavy (non-hydrogen) atoms. The minimum Gasteiger partial charge on any atom is -0.383 e. The van der Waals surface area contributed by atoms with Gasteiger partial charge in [-0.05, 0) is 24.0 Å². The summed E-state index contributed by atoms with van der Waals surface area (Å²) in [6, 6.07) is 10.0. The third-order valence-electron chi connectivity index (χ3n) is 3.79. The fraction of sp³-hybridized carbons (Fsp3) is 0.375. The lowest BCUT2D eigenvalue weighted by Gasteiger charge is -2.12. The van der Waals surface area contributed by atoms with E-state index in [1.165, 1.54) is 11.1 Å². The van der Waals surface area contributed by atoms with E-state index in [4.69, 9.17) is 4.74 Å². The normalized spacial score (nSPS) is 13.9. The predicted molar refractivity (Wildman–Crippen MR) is 83.9 cm³/mol. The summed E-state index contributed by atoms with van der Waals surface area (Å²) in [4.78, 5) is 12.0. The summed E-state index contributed by atoms with van der Waals surface area (Å²) in [5.74, 6) is 0.545. The molecule has 2 amide bonds. The van der Waals surface area contributed by atoms with Gasteiger partial charge in [-0.25, -0.2) is 4.79 Å². The van der Waals surface area contributed by atoms with Gasteiger partial charge in [0.1, 0.15) is 0 Å². The van der Waals surface area contributed by atoms with Crippen LogP contribution in [0.5, 0.6) is 0 Å². The van der Waals surface area contributed by atoms with Gasteiger partial charge in [-0.1, -0.05) is 24.3 Å². The number of nitrogens with zero attached hydrogens (tertiary/aromatic N) is 2. The number of nitrogens with one attached hydrogen (secondary N) is 2. The molecule has 6 nitrogen and oxygen atoms in total. The summed E-state index contributed by atoms with van der Waals surface area (Å²) < 4.78 is 6.74. The lowest BCUT2D eigenvalue weighted by atomic mass is 10.1. The van der Waals surface area contributed by atoms with Gasteiger partial charge in [-0.2, -0.15) is 5.10 Å². The van der Waals surface area contributed by atoms with E-state index in [1.807, 2.05) is 18.3 Å². The van der Waals surface area contributed by atoms with Crippen LogP contribution in [-0.4, -0.2) is 35.6 Å². The largest absolute Gasteiger partial charge is 0.383 e. The molecule has 116 valence electrons. The highest BCUT2D eigenvalue weighted by Crippen LogP contribution is 2.21. The van der Waals surface area contributed by atoms with E-state index in [2.05, 4.69) is 27.9 Å². The number of carbonyl (C=O) groups excluding carboxylic acids is 1. The molecule has 6 heteroatoms. The molecule has 0 aliphatic heterocycles. The van der Waals surface area contributed by atoms with Crippen molar-refractivity contribution >= 4 is 11.8 Å². The second kappa shape index (κ2) is 6.62. The number of urea groups is 1. The van der Waals surface area contributed by atoms with Crippen LogP contribution in [0, 0.1) is 0 Å². The second-order valence-corrected chi connectivity index (χ2v) is 5.43. The van der Waals surface area contributed by atoms with Crippen molar-refractivity contribution in [3.63, 3.8) is 0 Å². The number of aromatic nitrogens is 2. The van der Waals surface area contributed by atoms with Crippen LogP contribution in [0.1, 0.15) is 11.1 Å². The number of fused-ring (bicyclic) bond motifs is 1. The maximum Gasteiger partial charge on any atom is 0.320 e. The first-order valence-electron chi connectivity index (χ1n) is 7.41. The van der Waals surface area contributed by atoms with Crippen LogP contribution in [0.4, 0.5) is 10.6 Å². The van der Waals surface area contributed by atoms with E-state index in [1.54, 1.807) is 17.9 Å². The van der Waals surface area contributed by atoms with Gasteiger partial charge in [0.05, 0.1) is 13.2 Å². The molecule has 0 saturated heterocycles. The van der Waals surface area contributed by atoms with Crippen molar-refractivity contribution < 1.29 is 9.53 Å². The van der Waals surface area contributed by atoms with Crippen LogP contribution in [0.25, 0.3) is 0 Å². The van der Waals surface area contributed by atoms with Gasteiger partial charge in [0.2, 0.25) is 0 Å². The predicted octanol–water partition coefficient (Wildman–Crippen LogP) is 1.82. The monoisotopic (exact) mass is 300 g/mol. The van der Waals surface area contributed by atoms with Crippen molar-refractivity contribution in [1.82, 2.24) is 15.1 Å². The molecule has 1 aromatic heterocycles. The van der Waals surface area contributed by atoms with E-state index in [0.29, 0.717) is 19.0 Å². The third-order valence-corrected chi connectivity index (χ3v) is 3.79. The standard InChI is InChI=1S/C16H20N4O2/c1-22-9-8-20-7-6-15(19-20)18-16(21)17-14-10-12-4-2-3-5-13(12)11-14/h2-7,14H,8-11H2,1H3,(H2,17,18,19,21). The van der Waals surface area contributed by atoms with Gasteiger partial charge in [0, 0.05) is 25.4 Å². The van der Waals surface area contributed by atoms with Crippen LogP contribution in [0.2, 0.25) is 0 Å². The molecule has 0 spiro atoms. The lowest BCUT2D eigenvalue weighted by molar-refractivity contribution is 0.183. The molecule has 0 bridgehead atoms. The van der Waals surface area contributed by atoms with Gasteiger partial charge in [0.15, 0.2) is 5.82 Å². The van der Waals surface area contributed by atoms with E-state index in [0.717, 1.165) is 12.8 Å². The molecular weight excluding hydrogens is 280 g/mol. The molecule has 1 heterocycles. The summed E-state index contributed by atoms with van der Waals surface area (Å²) >= 11 is 0. The molecule has 0 unspecified atom stereocenters. The molecule has 1 aromatic carbocycles. The number of carbonyl (C=O) groups is 1. The zero-order valence-corrected chi connectivity index (χ0v) is 12.6. The Morgan fingerprint density at radius 3 is 2.73 bits per heavy atom. The maximum absolute atomic E-state index is 12.0. The van der Waals surface area contributed by atoms with Crippen molar-refractivity contribution in [1.29, 1.82) is 0 Å². The number of benzene rings is 1. The molecule has 2 aromatic rings. The summed E-state index contributed by atoms with van der Waals surface area (Å²) in [7, 11) is 1.65. The van der Waals surface area contributed by atoms with Gasteiger partial charge in [0.25, 0.3) is 0 Å². The van der Waals surface area contributed by atoms with Crippen molar-refractivity contribution in [3.05, 3.63) is 47.7 Å². The zero-order chi connectivity index (χ0) is 15.4. The first-order valence-corrected chi connectivity index (χ1v) is 7.41. The smallest absolute Gasteiger partial charge is 0.320 e. The van der Waals surface area contributed by atoms with Crippen LogP contribution < -0.4 is 10.6 Å². The number of methoxy groups -OCH3 is 1. The summed E-state index contributed by atoms with van der Waals surface area (Å²) in [6.45, 7) is 1.26. The highest BCUT2D eigenvalue weighted by molar-refractivity contribution is 5.88. The van der Waals surface area contributed by atoms with Crippen molar-refractivity contribution in [3.8, 4) is 0 Å². The van der Waals surface area contributed by atoms with Crippen LogP contribution in [0.15, 0.2) is 36.5 Å². The number of hydrogen-bond donors (Lipinski definition) is 2. The van der Waals surface area contributed by atoms with Crippen molar-refractivity contribution in [2.45, 2.75) is 25.4 Å². The number of ether oxygens (including phenoxy) is 1. The van der Waals surface area contributed by atoms with E-state index < -0.39 is 0 Å². The summed E-state index contributed by atoms with van der Waals surface area (Å²) in [5.41, 5.74) is 2.63. The number of rotatable bonds is 5. The third kappa shape index (κ3) is 3.46. The second-order valence-electron chi connectivity index (χ2n) is 5.43. The van der Waals surface area contributed by atoms with Gasteiger partial charge in [-0.3, -0.25) is 10.00 Å². The summed E-state index contributed by atoms with van der Waals surface area (Å²) in [6.07, 6.45) is 3.58. The minimum absolute atomic E-state index is 0.146. The number of amides is 2. The van der Waals surface area contributed by atoms with Crippen LogP contribution >= 0.6 is 0 Å². The molecule has 1 aliphatic carbocycles. The molecule has 0 fully saturated rings. The number of hydrogen-bond acceptors (Lipinski definition) is 3. The Morgan fingerprint density at radius 2 is 2.05 bits per heavy atom. The highest BCUT2D eigenvalue weighted by atomic mass is 16.5. The fourth-order valence-corrected chi connectivity index (χ4v) is 2.74. The number of anilines is 1. The first-order chi connectivity index (χ1) is 10.7. The van der Waals surface area contributed by atoms with Crippen molar-refractivity contribution in [2.75, 3.05) is 19.0 Å². The molecule has 3 rings (SSSR count). The maximum atomic E-state index is 12.0. The molecule has 0 atom stereocenters. The molecule has 2 N–H and O–H groups in total. The van der Waals surface area contributed by atoms with Gasteiger partial charge >= 0.3 is 6.03 Å². The Morgan fingerprint density at radius 1 is 1.32 bits per heavy atom. The SMILES string of the molecule is COCCn1ccc(NC(=O)NC2Cc3ccccc3C2)n1. The first kappa shape index (κ1) is 14.6. The lowest BCUT2D eigenvalue weighted by Crippen LogP contribution is -2.38. The van der Waals surface area contributed by atoms with Crippen LogP contribution in [0.3, 0.4) is 0 Å². The van der Waals surface area contributed by atoms with Gasteiger partial charge < -0.3 is 10.1 Å².